The quantitative estimate of drug-likeness (QED) is 0.890. The number of ether oxygens (including phenoxy) is 1. The molecule has 0 saturated carbocycles. The van der Waals surface area contributed by atoms with Crippen LogP contribution in [0.15, 0.2) is 45.5 Å². The summed E-state index contributed by atoms with van der Waals surface area (Å²) in [6, 6.07) is 11.4. The molecule has 0 fully saturated rings. The lowest BCUT2D eigenvalue weighted by Gasteiger charge is -2.16. The summed E-state index contributed by atoms with van der Waals surface area (Å²) >= 11 is 3.28. The van der Waals surface area contributed by atoms with E-state index in [-0.39, 0.29) is 6.04 Å². The van der Waals surface area contributed by atoms with Crippen LogP contribution in [-0.4, -0.2) is 13.7 Å². The maximum absolute atomic E-state index is 5.76. The van der Waals surface area contributed by atoms with Gasteiger partial charge in [-0.2, -0.15) is 0 Å². The molecule has 1 heterocycles. The standard InChI is InChI=1S/C13H15BrN2O2/c1-17-10-4-2-9(3-5-10)16-11(8-15)12-6-7-13(14)18-12/h2-7,11,16H,8,15H2,1H3. The summed E-state index contributed by atoms with van der Waals surface area (Å²) in [6.07, 6.45) is 0. The predicted molar refractivity (Wildman–Crippen MR) is 74.8 cm³/mol. The van der Waals surface area contributed by atoms with Gasteiger partial charge >= 0.3 is 0 Å². The lowest BCUT2D eigenvalue weighted by atomic mass is 10.2. The molecule has 1 unspecified atom stereocenters. The number of halogens is 1. The Morgan fingerprint density at radius 3 is 2.50 bits per heavy atom. The minimum absolute atomic E-state index is 0.0512. The van der Waals surface area contributed by atoms with Gasteiger partial charge in [-0.05, 0) is 52.3 Å². The molecule has 3 N–H and O–H groups in total. The first kappa shape index (κ1) is 13.0. The summed E-state index contributed by atoms with van der Waals surface area (Å²) in [4.78, 5) is 0. The Labute approximate surface area is 114 Å². The number of hydrogen-bond donors (Lipinski definition) is 2. The lowest BCUT2D eigenvalue weighted by molar-refractivity contribution is 0.415. The summed E-state index contributed by atoms with van der Waals surface area (Å²) < 4.78 is 11.3. The topological polar surface area (TPSA) is 60.4 Å². The minimum atomic E-state index is -0.0512. The number of hydrogen-bond acceptors (Lipinski definition) is 4. The van der Waals surface area contributed by atoms with E-state index >= 15 is 0 Å². The first-order valence-electron chi connectivity index (χ1n) is 5.59. The van der Waals surface area contributed by atoms with Crippen molar-refractivity contribution < 1.29 is 9.15 Å². The highest BCUT2D eigenvalue weighted by molar-refractivity contribution is 9.10. The Morgan fingerprint density at radius 2 is 2.00 bits per heavy atom. The van der Waals surface area contributed by atoms with Gasteiger partial charge in [0.2, 0.25) is 0 Å². The van der Waals surface area contributed by atoms with Gasteiger partial charge in [-0.3, -0.25) is 0 Å². The second-order valence-corrected chi connectivity index (χ2v) is 4.58. The van der Waals surface area contributed by atoms with Crippen molar-refractivity contribution >= 4 is 21.6 Å². The Morgan fingerprint density at radius 1 is 1.28 bits per heavy atom. The normalized spacial score (nSPS) is 12.2. The molecule has 1 aromatic heterocycles. The monoisotopic (exact) mass is 310 g/mol. The average molecular weight is 311 g/mol. The van der Waals surface area contributed by atoms with E-state index in [1.165, 1.54) is 0 Å². The van der Waals surface area contributed by atoms with E-state index in [0.717, 1.165) is 17.2 Å². The molecule has 0 aliphatic rings. The second kappa shape index (κ2) is 5.93. The summed E-state index contributed by atoms with van der Waals surface area (Å²) in [5, 5.41) is 3.31. The Bertz CT molecular complexity index is 496. The summed E-state index contributed by atoms with van der Waals surface area (Å²) in [5.41, 5.74) is 6.73. The molecule has 4 nitrogen and oxygen atoms in total. The smallest absolute Gasteiger partial charge is 0.169 e. The number of anilines is 1. The van der Waals surface area contributed by atoms with Gasteiger partial charge in [0.15, 0.2) is 4.67 Å². The van der Waals surface area contributed by atoms with Crippen LogP contribution in [0.4, 0.5) is 5.69 Å². The van der Waals surface area contributed by atoms with Crippen molar-refractivity contribution in [3.05, 3.63) is 46.8 Å². The van der Waals surface area contributed by atoms with Crippen LogP contribution < -0.4 is 15.8 Å². The zero-order chi connectivity index (χ0) is 13.0. The number of nitrogens with two attached hydrogens (primary N) is 1. The highest BCUT2D eigenvalue weighted by Crippen LogP contribution is 2.24. The van der Waals surface area contributed by atoms with E-state index < -0.39 is 0 Å². The Hall–Kier alpha value is -1.46. The summed E-state index contributed by atoms with van der Waals surface area (Å²) in [6.45, 7) is 0.450. The molecule has 96 valence electrons. The van der Waals surface area contributed by atoms with E-state index in [4.69, 9.17) is 14.9 Å². The fourth-order valence-corrected chi connectivity index (χ4v) is 1.97. The fourth-order valence-electron chi connectivity index (χ4n) is 1.65. The van der Waals surface area contributed by atoms with Crippen molar-refractivity contribution in [1.29, 1.82) is 0 Å². The molecule has 0 amide bonds. The molecule has 18 heavy (non-hydrogen) atoms. The van der Waals surface area contributed by atoms with Crippen molar-refractivity contribution in [2.45, 2.75) is 6.04 Å². The van der Waals surface area contributed by atoms with E-state index in [0.29, 0.717) is 11.2 Å². The van der Waals surface area contributed by atoms with Crippen molar-refractivity contribution in [2.24, 2.45) is 5.73 Å². The molecule has 2 rings (SSSR count). The molecule has 0 radical (unpaired) electrons. The van der Waals surface area contributed by atoms with Crippen LogP contribution in [0.3, 0.4) is 0 Å². The van der Waals surface area contributed by atoms with Crippen LogP contribution in [0.2, 0.25) is 0 Å². The summed E-state index contributed by atoms with van der Waals surface area (Å²) in [5.74, 6) is 1.63. The van der Waals surface area contributed by atoms with Gasteiger partial charge in [0.25, 0.3) is 0 Å². The average Bonchev–Trinajstić information content (AvgIpc) is 2.83. The molecule has 0 saturated heterocycles. The first-order valence-corrected chi connectivity index (χ1v) is 6.38. The van der Waals surface area contributed by atoms with E-state index in [2.05, 4.69) is 21.2 Å². The van der Waals surface area contributed by atoms with Gasteiger partial charge in [0, 0.05) is 12.2 Å². The van der Waals surface area contributed by atoms with Crippen LogP contribution in [-0.2, 0) is 0 Å². The van der Waals surface area contributed by atoms with Crippen molar-refractivity contribution in [1.82, 2.24) is 0 Å². The Kier molecular flexibility index (Phi) is 4.28. The van der Waals surface area contributed by atoms with Crippen molar-refractivity contribution in [3.8, 4) is 5.75 Å². The molecule has 1 aromatic carbocycles. The van der Waals surface area contributed by atoms with Crippen molar-refractivity contribution in [3.63, 3.8) is 0 Å². The van der Waals surface area contributed by atoms with E-state index in [1.54, 1.807) is 7.11 Å². The third kappa shape index (κ3) is 3.05. The molecular weight excluding hydrogens is 296 g/mol. The molecule has 5 heteroatoms. The van der Waals surface area contributed by atoms with Gasteiger partial charge in [0.1, 0.15) is 11.5 Å². The number of rotatable bonds is 5. The third-order valence-corrected chi connectivity index (χ3v) is 3.03. The highest BCUT2D eigenvalue weighted by atomic mass is 79.9. The van der Waals surface area contributed by atoms with Crippen LogP contribution in [0, 0.1) is 0 Å². The zero-order valence-electron chi connectivity index (χ0n) is 10.0. The SMILES string of the molecule is COc1ccc(NC(CN)c2ccc(Br)o2)cc1. The first-order chi connectivity index (χ1) is 8.72. The number of nitrogens with one attached hydrogen (secondary N) is 1. The molecule has 1 atom stereocenters. The van der Waals surface area contributed by atoms with Gasteiger partial charge < -0.3 is 20.2 Å². The fraction of sp³-hybridized carbons (Fsp3) is 0.231. The lowest BCUT2D eigenvalue weighted by Crippen LogP contribution is -2.19. The maximum atomic E-state index is 5.76. The highest BCUT2D eigenvalue weighted by Gasteiger charge is 2.13. The molecule has 0 aliphatic heterocycles. The van der Waals surface area contributed by atoms with Crippen LogP contribution >= 0.6 is 15.9 Å². The van der Waals surface area contributed by atoms with Crippen LogP contribution in [0.5, 0.6) is 5.75 Å². The second-order valence-electron chi connectivity index (χ2n) is 3.80. The predicted octanol–water partition coefficient (Wildman–Crippen LogP) is 3.16. The Balaban J connectivity index is 2.10. The molecule has 0 spiro atoms. The molecular formula is C13H15BrN2O2. The number of benzene rings is 1. The zero-order valence-corrected chi connectivity index (χ0v) is 11.6. The van der Waals surface area contributed by atoms with E-state index in [9.17, 15) is 0 Å². The van der Waals surface area contributed by atoms with Crippen LogP contribution in [0.25, 0.3) is 0 Å². The number of methoxy groups -OCH3 is 1. The van der Waals surface area contributed by atoms with E-state index in [1.807, 2.05) is 36.4 Å². The molecule has 0 bridgehead atoms. The minimum Gasteiger partial charge on any atom is -0.497 e. The van der Waals surface area contributed by atoms with Gasteiger partial charge in [-0.15, -0.1) is 0 Å². The largest absolute Gasteiger partial charge is 0.497 e. The summed E-state index contributed by atoms with van der Waals surface area (Å²) in [7, 11) is 1.64. The van der Waals surface area contributed by atoms with Gasteiger partial charge in [-0.1, -0.05) is 0 Å². The molecule has 0 aliphatic carbocycles. The third-order valence-electron chi connectivity index (χ3n) is 2.60. The van der Waals surface area contributed by atoms with Gasteiger partial charge in [-0.25, -0.2) is 0 Å². The van der Waals surface area contributed by atoms with Crippen LogP contribution in [0.1, 0.15) is 11.8 Å². The van der Waals surface area contributed by atoms with Gasteiger partial charge in [0.05, 0.1) is 13.2 Å². The number of furan rings is 1. The molecule has 2 aromatic rings. The maximum Gasteiger partial charge on any atom is 0.169 e. The van der Waals surface area contributed by atoms with Crippen molar-refractivity contribution in [2.75, 3.05) is 19.0 Å².